The third-order valence-electron chi connectivity index (χ3n) is 4.54. The predicted octanol–water partition coefficient (Wildman–Crippen LogP) is 4.36. The highest BCUT2D eigenvalue weighted by Gasteiger charge is 2.33. The summed E-state index contributed by atoms with van der Waals surface area (Å²) in [4.78, 5) is 2.35. The van der Waals surface area contributed by atoms with Crippen LogP contribution in [0.5, 0.6) is 0 Å². The molecule has 0 aliphatic heterocycles. The largest absolute Gasteiger partial charge is 0.358 e. The lowest BCUT2D eigenvalue weighted by Crippen LogP contribution is -2.45. The topological polar surface area (TPSA) is 15.3 Å². The molecule has 1 atom stereocenters. The van der Waals surface area contributed by atoms with Crippen LogP contribution in [0.25, 0.3) is 0 Å². The molecule has 0 saturated heterocycles. The third kappa shape index (κ3) is 4.55. The van der Waals surface area contributed by atoms with Gasteiger partial charge >= 0.3 is 0 Å². The van der Waals surface area contributed by atoms with Crippen molar-refractivity contribution in [2.45, 2.75) is 38.9 Å². The van der Waals surface area contributed by atoms with E-state index in [4.69, 9.17) is 12.2 Å². The Balaban J connectivity index is 1.65. The number of hydrogen-bond donors (Lipinski definition) is 1. The minimum Gasteiger partial charge on any atom is -0.358 e. The maximum Gasteiger partial charge on any atom is 0.169 e. The summed E-state index contributed by atoms with van der Waals surface area (Å²) in [5, 5.41) is 4.30. The maximum absolute atomic E-state index is 5.71. The summed E-state index contributed by atoms with van der Waals surface area (Å²) in [5.74, 6) is 0.787. The molecular weight excluding hydrogens is 300 g/mol. The Labute approximate surface area is 144 Å². The van der Waals surface area contributed by atoms with E-state index in [-0.39, 0.29) is 0 Å². The van der Waals surface area contributed by atoms with Crippen LogP contribution in [-0.4, -0.2) is 16.1 Å². The molecule has 1 saturated carbocycles. The zero-order valence-electron chi connectivity index (χ0n) is 13.6. The smallest absolute Gasteiger partial charge is 0.169 e. The van der Waals surface area contributed by atoms with Crippen LogP contribution < -0.4 is 5.32 Å². The van der Waals surface area contributed by atoms with Crippen molar-refractivity contribution in [2.75, 3.05) is 0 Å². The summed E-state index contributed by atoms with van der Waals surface area (Å²) in [6.07, 6.45) is 2.65. The number of hydrogen-bond acceptors (Lipinski definition) is 1. The average Bonchev–Trinajstić information content (AvgIpc) is 3.44. The lowest BCUT2D eigenvalue weighted by atomic mass is 10.1. The van der Waals surface area contributed by atoms with Gasteiger partial charge in [0.05, 0.1) is 0 Å². The van der Waals surface area contributed by atoms with E-state index in [0.717, 1.165) is 24.1 Å². The molecule has 0 radical (unpaired) electrons. The summed E-state index contributed by atoms with van der Waals surface area (Å²) in [7, 11) is 0. The first-order valence-corrected chi connectivity index (χ1v) is 8.77. The SMILES string of the molecule is C[C@@H](C1CC1)N(Cc1ccccc1)C(=S)NCc1ccccc1. The molecule has 1 aliphatic rings. The van der Waals surface area contributed by atoms with E-state index in [1.54, 1.807) is 0 Å². The molecule has 0 unspecified atom stereocenters. The number of nitrogens with zero attached hydrogens (tertiary/aromatic N) is 1. The Bertz CT molecular complexity index is 623. The quantitative estimate of drug-likeness (QED) is 0.795. The van der Waals surface area contributed by atoms with Crippen molar-refractivity contribution in [3.05, 3.63) is 71.8 Å². The van der Waals surface area contributed by atoms with Crippen LogP contribution in [0.1, 0.15) is 30.9 Å². The van der Waals surface area contributed by atoms with Crippen molar-refractivity contribution in [1.29, 1.82) is 0 Å². The fourth-order valence-corrected chi connectivity index (χ4v) is 3.19. The minimum atomic E-state index is 0.492. The molecule has 0 heterocycles. The Kier molecular flexibility index (Phi) is 5.29. The van der Waals surface area contributed by atoms with E-state index in [1.165, 1.54) is 24.0 Å². The molecule has 0 amide bonds. The molecule has 0 bridgehead atoms. The highest BCUT2D eigenvalue weighted by Crippen LogP contribution is 2.35. The van der Waals surface area contributed by atoms with Crippen LogP contribution in [0.4, 0.5) is 0 Å². The van der Waals surface area contributed by atoms with Gasteiger partial charge in [0.2, 0.25) is 0 Å². The lowest BCUT2D eigenvalue weighted by Gasteiger charge is -2.32. The number of nitrogens with one attached hydrogen (secondary N) is 1. The van der Waals surface area contributed by atoms with Crippen molar-refractivity contribution < 1.29 is 0 Å². The fraction of sp³-hybridized carbons (Fsp3) is 0.350. The first kappa shape index (κ1) is 16.0. The molecule has 1 N–H and O–H groups in total. The highest BCUT2D eigenvalue weighted by molar-refractivity contribution is 7.80. The number of benzene rings is 2. The molecule has 2 aromatic rings. The minimum absolute atomic E-state index is 0.492. The van der Waals surface area contributed by atoms with Crippen LogP contribution in [0, 0.1) is 5.92 Å². The number of thiocarbonyl (C=S) groups is 1. The van der Waals surface area contributed by atoms with Crippen LogP contribution in [0.2, 0.25) is 0 Å². The van der Waals surface area contributed by atoms with Gasteiger partial charge < -0.3 is 10.2 Å². The summed E-state index contributed by atoms with van der Waals surface area (Å²) in [6, 6.07) is 21.5. The van der Waals surface area contributed by atoms with Gasteiger partial charge in [-0.3, -0.25) is 0 Å². The second kappa shape index (κ2) is 7.60. The molecule has 0 aromatic heterocycles. The first-order valence-electron chi connectivity index (χ1n) is 8.36. The fourth-order valence-electron chi connectivity index (χ4n) is 2.89. The van der Waals surface area contributed by atoms with E-state index < -0.39 is 0 Å². The molecular formula is C20H24N2S. The summed E-state index contributed by atoms with van der Waals surface area (Å²) >= 11 is 5.71. The van der Waals surface area contributed by atoms with E-state index in [0.29, 0.717) is 6.04 Å². The van der Waals surface area contributed by atoms with E-state index in [2.05, 4.69) is 71.7 Å². The van der Waals surface area contributed by atoms with Gasteiger partial charge in [0.1, 0.15) is 0 Å². The predicted molar refractivity (Wildman–Crippen MR) is 100 cm³/mol. The van der Waals surface area contributed by atoms with Gasteiger partial charge in [0.25, 0.3) is 0 Å². The molecule has 23 heavy (non-hydrogen) atoms. The lowest BCUT2D eigenvalue weighted by molar-refractivity contribution is 0.290. The second-order valence-corrected chi connectivity index (χ2v) is 6.72. The van der Waals surface area contributed by atoms with Crippen molar-refractivity contribution in [1.82, 2.24) is 10.2 Å². The average molecular weight is 324 g/mol. The van der Waals surface area contributed by atoms with Crippen LogP contribution in [-0.2, 0) is 13.1 Å². The van der Waals surface area contributed by atoms with Crippen molar-refractivity contribution in [2.24, 2.45) is 5.92 Å². The van der Waals surface area contributed by atoms with E-state index in [9.17, 15) is 0 Å². The molecule has 2 aromatic carbocycles. The molecule has 3 heteroatoms. The van der Waals surface area contributed by atoms with Gasteiger partial charge in [-0.2, -0.15) is 0 Å². The molecule has 1 aliphatic carbocycles. The molecule has 120 valence electrons. The third-order valence-corrected chi connectivity index (χ3v) is 4.92. The Hall–Kier alpha value is -1.87. The maximum atomic E-state index is 5.71. The summed E-state index contributed by atoms with van der Waals surface area (Å²) < 4.78 is 0. The van der Waals surface area contributed by atoms with Gasteiger partial charge in [0, 0.05) is 19.1 Å². The normalized spacial score (nSPS) is 15.0. The van der Waals surface area contributed by atoms with Crippen LogP contribution in [0.15, 0.2) is 60.7 Å². The molecule has 3 rings (SSSR count). The van der Waals surface area contributed by atoms with Gasteiger partial charge in [-0.25, -0.2) is 0 Å². The zero-order chi connectivity index (χ0) is 16.1. The van der Waals surface area contributed by atoms with Crippen molar-refractivity contribution in [3.63, 3.8) is 0 Å². The highest BCUT2D eigenvalue weighted by atomic mass is 32.1. The van der Waals surface area contributed by atoms with Crippen LogP contribution >= 0.6 is 12.2 Å². The first-order chi connectivity index (χ1) is 11.2. The van der Waals surface area contributed by atoms with Gasteiger partial charge in [-0.15, -0.1) is 0 Å². The van der Waals surface area contributed by atoms with E-state index >= 15 is 0 Å². The summed E-state index contributed by atoms with van der Waals surface area (Å²) in [6.45, 7) is 3.96. The van der Waals surface area contributed by atoms with Crippen LogP contribution in [0.3, 0.4) is 0 Å². The zero-order valence-corrected chi connectivity index (χ0v) is 14.4. The van der Waals surface area contributed by atoms with Crippen molar-refractivity contribution >= 4 is 17.3 Å². The van der Waals surface area contributed by atoms with Gasteiger partial charge in [-0.05, 0) is 49.0 Å². The van der Waals surface area contributed by atoms with E-state index in [1.807, 2.05) is 6.07 Å². The molecule has 2 nitrogen and oxygen atoms in total. The molecule has 1 fully saturated rings. The van der Waals surface area contributed by atoms with Gasteiger partial charge in [-0.1, -0.05) is 60.7 Å². The number of rotatable bonds is 6. The van der Waals surface area contributed by atoms with Gasteiger partial charge in [0.15, 0.2) is 5.11 Å². The summed E-state index contributed by atoms with van der Waals surface area (Å²) in [5.41, 5.74) is 2.57. The van der Waals surface area contributed by atoms with Crippen molar-refractivity contribution in [3.8, 4) is 0 Å². The standard InChI is InChI=1S/C20H24N2S/c1-16(19-12-13-19)22(15-18-10-6-3-7-11-18)20(23)21-14-17-8-4-2-5-9-17/h2-11,16,19H,12-15H2,1H3,(H,21,23)/t16-/m0/s1. The Morgan fingerprint density at radius 1 is 1.04 bits per heavy atom. The Morgan fingerprint density at radius 2 is 1.61 bits per heavy atom. The Morgan fingerprint density at radius 3 is 2.17 bits per heavy atom. The second-order valence-electron chi connectivity index (χ2n) is 6.34. The monoisotopic (exact) mass is 324 g/mol. The molecule has 0 spiro atoms.